The molecule has 0 bridgehead atoms. The Morgan fingerprint density at radius 2 is 1.79 bits per heavy atom. The Labute approximate surface area is 112 Å². The van der Waals surface area contributed by atoms with Gasteiger partial charge in [-0.15, -0.1) is 0 Å². The summed E-state index contributed by atoms with van der Waals surface area (Å²) in [5.41, 5.74) is 6.66. The highest BCUT2D eigenvalue weighted by molar-refractivity contribution is 6.04. The molecular weight excluding hydrogens is 236 g/mol. The summed E-state index contributed by atoms with van der Waals surface area (Å²) < 4.78 is 5.63. The monoisotopic (exact) mass is 254 g/mol. The minimum atomic E-state index is 0.843. The van der Waals surface area contributed by atoms with Crippen molar-refractivity contribution in [3.8, 4) is 5.75 Å². The number of aromatic amines is 1. The van der Waals surface area contributed by atoms with E-state index in [1.807, 2.05) is 6.92 Å². The molecule has 3 aromatic rings. The minimum Gasteiger partial charge on any atom is -0.492 e. The number of aromatic nitrogens is 2. The summed E-state index contributed by atoms with van der Waals surface area (Å²) in [5, 5.41) is 2.38. The molecule has 2 heterocycles. The third-order valence-corrected chi connectivity index (χ3v) is 3.87. The number of nitrogens with zero attached hydrogens (tertiary/aromatic N) is 1. The first kappa shape index (κ1) is 12.0. The van der Waals surface area contributed by atoms with Crippen molar-refractivity contribution >= 4 is 21.8 Å². The summed E-state index contributed by atoms with van der Waals surface area (Å²) in [6.07, 6.45) is 0. The summed E-state index contributed by atoms with van der Waals surface area (Å²) in [4.78, 5) is 8.05. The van der Waals surface area contributed by atoms with E-state index in [9.17, 15) is 0 Å². The van der Waals surface area contributed by atoms with Crippen LogP contribution in [0.15, 0.2) is 12.1 Å². The van der Waals surface area contributed by atoms with Crippen molar-refractivity contribution in [1.82, 2.24) is 9.97 Å². The van der Waals surface area contributed by atoms with Crippen molar-refractivity contribution in [3.63, 3.8) is 0 Å². The molecule has 0 radical (unpaired) electrons. The van der Waals surface area contributed by atoms with Gasteiger partial charge in [0.15, 0.2) is 5.75 Å². The van der Waals surface area contributed by atoms with Crippen LogP contribution < -0.4 is 4.74 Å². The number of aryl methyl sites for hydroxylation is 4. The Balaban J connectivity index is 2.60. The van der Waals surface area contributed by atoms with Gasteiger partial charge in [-0.25, -0.2) is 4.98 Å². The van der Waals surface area contributed by atoms with Crippen LogP contribution in [0.4, 0.5) is 0 Å². The molecule has 19 heavy (non-hydrogen) atoms. The first-order chi connectivity index (χ1) is 9.02. The summed E-state index contributed by atoms with van der Waals surface area (Å²) in [6.45, 7) is 8.35. The number of benzene rings is 1. The Kier molecular flexibility index (Phi) is 2.52. The van der Waals surface area contributed by atoms with Crippen molar-refractivity contribution in [3.05, 3.63) is 34.6 Å². The van der Waals surface area contributed by atoms with Crippen LogP contribution >= 0.6 is 0 Å². The SMILES string of the molecule is COc1c2nc(C)c(C)c2cc2c(C)cc(C)[nH]c12. The summed E-state index contributed by atoms with van der Waals surface area (Å²) >= 11 is 0. The molecule has 1 aromatic carbocycles. The highest BCUT2D eigenvalue weighted by Crippen LogP contribution is 2.36. The molecule has 0 aliphatic rings. The average molecular weight is 254 g/mol. The lowest BCUT2D eigenvalue weighted by Gasteiger charge is -2.11. The fourth-order valence-electron chi connectivity index (χ4n) is 2.76. The summed E-state index contributed by atoms with van der Waals surface area (Å²) in [6, 6.07) is 4.37. The maximum absolute atomic E-state index is 5.63. The van der Waals surface area contributed by atoms with Crippen LogP contribution in [-0.2, 0) is 0 Å². The largest absolute Gasteiger partial charge is 0.492 e. The van der Waals surface area contributed by atoms with Crippen LogP contribution in [0.25, 0.3) is 21.8 Å². The van der Waals surface area contributed by atoms with Crippen LogP contribution in [0.5, 0.6) is 5.75 Å². The van der Waals surface area contributed by atoms with Crippen LogP contribution in [0.2, 0.25) is 0 Å². The molecule has 3 nitrogen and oxygen atoms in total. The Morgan fingerprint density at radius 3 is 2.47 bits per heavy atom. The van der Waals surface area contributed by atoms with E-state index in [4.69, 9.17) is 4.74 Å². The number of methoxy groups -OCH3 is 1. The predicted octanol–water partition coefficient (Wildman–Crippen LogP) is 3.96. The number of hydrogen-bond donors (Lipinski definition) is 1. The number of fused-ring (bicyclic) bond motifs is 2. The van der Waals surface area contributed by atoms with Crippen LogP contribution in [0.3, 0.4) is 0 Å². The lowest BCUT2D eigenvalue weighted by Crippen LogP contribution is -1.93. The number of pyridine rings is 1. The van der Waals surface area contributed by atoms with E-state index in [1.54, 1.807) is 7.11 Å². The predicted molar refractivity (Wildman–Crippen MR) is 79.1 cm³/mol. The van der Waals surface area contributed by atoms with E-state index >= 15 is 0 Å². The van der Waals surface area contributed by atoms with E-state index < -0.39 is 0 Å². The number of hydrogen-bond acceptors (Lipinski definition) is 2. The van der Waals surface area contributed by atoms with Gasteiger partial charge in [-0.3, -0.25) is 0 Å². The number of ether oxygens (including phenoxy) is 1. The topological polar surface area (TPSA) is 37.9 Å². The van der Waals surface area contributed by atoms with Gasteiger partial charge in [-0.05, 0) is 51.0 Å². The van der Waals surface area contributed by atoms with Gasteiger partial charge in [0, 0.05) is 22.2 Å². The van der Waals surface area contributed by atoms with Crippen LogP contribution in [0.1, 0.15) is 22.5 Å². The molecule has 2 aromatic heterocycles. The van der Waals surface area contributed by atoms with E-state index in [0.717, 1.165) is 28.2 Å². The Bertz CT molecular complexity index is 800. The Hall–Kier alpha value is -2.03. The fraction of sp³-hybridized carbons (Fsp3) is 0.312. The molecule has 0 atom stereocenters. The number of rotatable bonds is 1. The third kappa shape index (κ3) is 1.61. The molecule has 3 rings (SSSR count). The summed E-state index contributed by atoms with van der Waals surface area (Å²) in [7, 11) is 1.71. The second-order valence-corrected chi connectivity index (χ2v) is 5.19. The number of H-pyrrole nitrogens is 1. The van der Waals surface area contributed by atoms with Crippen molar-refractivity contribution in [2.45, 2.75) is 27.7 Å². The smallest absolute Gasteiger partial charge is 0.169 e. The molecule has 0 aliphatic carbocycles. The van der Waals surface area contributed by atoms with Gasteiger partial charge in [-0.2, -0.15) is 0 Å². The maximum atomic E-state index is 5.63. The summed E-state index contributed by atoms with van der Waals surface area (Å²) in [5.74, 6) is 0.843. The van der Waals surface area contributed by atoms with E-state index in [2.05, 4.69) is 42.9 Å². The fourth-order valence-corrected chi connectivity index (χ4v) is 2.76. The Morgan fingerprint density at radius 1 is 1.05 bits per heavy atom. The van der Waals surface area contributed by atoms with Gasteiger partial charge >= 0.3 is 0 Å². The van der Waals surface area contributed by atoms with Gasteiger partial charge in [0.05, 0.1) is 12.6 Å². The van der Waals surface area contributed by atoms with Crippen LogP contribution in [-0.4, -0.2) is 17.1 Å². The average Bonchev–Trinajstić information content (AvgIpc) is 2.63. The lowest BCUT2D eigenvalue weighted by atomic mass is 10.0. The van der Waals surface area contributed by atoms with Gasteiger partial charge in [0.2, 0.25) is 0 Å². The van der Waals surface area contributed by atoms with Crippen molar-refractivity contribution in [2.75, 3.05) is 7.11 Å². The molecule has 0 aliphatic heterocycles. The number of nitrogens with one attached hydrogen (secondary N) is 1. The maximum Gasteiger partial charge on any atom is 0.169 e. The molecule has 98 valence electrons. The highest BCUT2D eigenvalue weighted by atomic mass is 16.5. The molecule has 0 saturated carbocycles. The van der Waals surface area contributed by atoms with E-state index in [1.165, 1.54) is 21.9 Å². The van der Waals surface area contributed by atoms with E-state index in [0.29, 0.717) is 0 Å². The molecule has 0 fully saturated rings. The zero-order chi connectivity index (χ0) is 13.7. The second kappa shape index (κ2) is 3.98. The molecule has 3 heteroatoms. The van der Waals surface area contributed by atoms with Gasteiger partial charge in [0.1, 0.15) is 5.52 Å². The zero-order valence-electron chi connectivity index (χ0n) is 12.0. The van der Waals surface area contributed by atoms with Gasteiger partial charge in [-0.1, -0.05) is 0 Å². The molecule has 1 N–H and O–H groups in total. The third-order valence-electron chi connectivity index (χ3n) is 3.87. The lowest BCUT2D eigenvalue weighted by molar-refractivity contribution is 0.423. The first-order valence-corrected chi connectivity index (χ1v) is 6.46. The molecular formula is C16H18N2O. The normalized spacial score (nSPS) is 11.4. The first-order valence-electron chi connectivity index (χ1n) is 6.46. The molecule has 0 unspecified atom stereocenters. The standard InChI is InChI=1S/C16H18N2O/c1-8-6-9(2)17-14-12(8)7-13-10(3)11(4)18-15(13)16(14)19-5/h6-7,17H,1-5H3. The molecule has 0 saturated heterocycles. The zero-order valence-corrected chi connectivity index (χ0v) is 12.0. The van der Waals surface area contributed by atoms with Crippen molar-refractivity contribution < 1.29 is 4.74 Å². The second-order valence-electron chi connectivity index (χ2n) is 5.19. The van der Waals surface area contributed by atoms with Crippen molar-refractivity contribution in [1.29, 1.82) is 0 Å². The minimum absolute atomic E-state index is 0.843. The quantitative estimate of drug-likeness (QED) is 0.713. The highest BCUT2D eigenvalue weighted by Gasteiger charge is 2.15. The van der Waals surface area contributed by atoms with E-state index in [-0.39, 0.29) is 0 Å². The van der Waals surface area contributed by atoms with Crippen molar-refractivity contribution in [2.24, 2.45) is 0 Å². The molecule has 0 spiro atoms. The van der Waals surface area contributed by atoms with Gasteiger partial charge in [0.25, 0.3) is 0 Å². The van der Waals surface area contributed by atoms with Crippen LogP contribution in [0, 0.1) is 27.7 Å². The molecule has 0 amide bonds. The van der Waals surface area contributed by atoms with Gasteiger partial charge < -0.3 is 9.72 Å².